The van der Waals surface area contributed by atoms with Gasteiger partial charge in [-0.15, -0.1) is 0 Å². The summed E-state index contributed by atoms with van der Waals surface area (Å²) in [6.45, 7) is 2.21. The molecule has 0 aliphatic carbocycles. The lowest BCUT2D eigenvalue weighted by molar-refractivity contribution is -0.160. The molecule has 1 amide bonds. The highest BCUT2D eigenvalue weighted by Gasteiger charge is 2.23. The average Bonchev–Trinajstić information content (AvgIpc) is 2.72. The fourth-order valence-electron chi connectivity index (χ4n) is 2.98. The van der Waals surface area contributed by atoms with Crippen molar-refractivity contribution < 1.29 is 19.4 Å². The van der Waals surface area contributed by atoms with Crippen molar-refractivity contribution in [1.82, 2.24) is 5.32 Å². The summed E-state index contributed by atoms with van der Waals surface area (Å²) in [6, 6.07) is 13.7. The number of nitrogens with one attached hydrogen (secondary N) is 1. The lowest BCUT2D eigenvalue weighted by atomic mass is 10.0. The van der Waals surface area contributed by atoms with E-state index in [1.54, 1.807) is 6.92 Å². The molecule has 0 fully saturated rings. The van der Waals surface area contributed by atoms with Crippen LogP contribution in [0.2, 0.25) is 0 Å². The zero-order valence-corrected chi connectivity index (χ0v) is 16.5. The molecule has 0 aliphatic rings. The van der Waals surface area contributed by atoms with Gasteiger partial charge in [0.05, 0.1) is 6.10 Å². The number of aliphatic carboxylic acids is 1. The van der Waals surface area contributed by atoms with Crippen LogP contribution in [0.1, 0.15) is 50.7 Å². The van der Waals surface area contributed by atoms with E-state index < -0.39 is 18.3 Å². The second kappa shape index (κ2) is 11.7. The van der Waals surface area contributed by atoms with Gasteiger partial charge >= 0.3 is 5.97 Å². The van der Waals surface area contributed by atoms with Gasteiger partial charge in [0.15, 0.2) is 0 Å². The summed E-state index contributed by atoms with van der Waals surface area (Å²) < 4.78 is 5.61. The fraction of sp³-hybridized carbons (Fsp3) is 0.429. The molecule has 2 aromatic rings. The Labute approximate surface area is 169 Å². The van der Waals surface area contributed by atoms with Crippen molar-refractivity contribution in [1.29, 1.82) is 0 Å². The number of hydrogen-bond donors (Lipinski definition) is 2. The molecule has 2 rings (SSSR count). The number of unbranched alkanes of at least 4 members (excludes halogenated alkanes) is 3. The first-order valence-corrected chi connectivity index (χ1v) is 9.68. The van der Waals surface area contributed by atoms with Crippen LogP contribution in [0.5, 0.6) is 0 Å². The number of carbonyl (C=O) groups is 2. The molecule has 154 valence electrons. The van der Waals surface area contributed by atoms with Crippen molar-refractivity contribution in [2.24, 2.45) is 5.11 Å². The van der Waals surface area contributed by atoms with E-state index in [1.807, 2.05) is 42.5 Å². The lowest BCUT2D eigenvalue weighted by Gasteiger charge is -2.21. The largest absolute Gasteiger partial charge is 0.478 e. The van der Waals surface area contributed by atoms with E-state index in [-0.39, 0.29) is 12.3 Å². The van der Waals surface area contributed by atoms with Gasteiger partial charge in [0.2, 0.25) is 12.1 Å². The zero-order valence-electron chi connectivity index (χ0n) is 16.5. The lowest BCUT2D eigenvalue weighted by Crippen LogP contribution is -2.43. The number of fused-ring (bicyclic) bond motifs is 1. The van der Waals surface area contributed by atoms with Gasteiger partial charge in [-0.2, -0.15) is 0 Å². The number of carbonyl (C=O) groups excluding carboxylic acids is 1. The van der Waals surface area contributed by atoms with E-state index in [1.165, 1.54) is 0 Å². The van der Waals surface area contributed by atoms with Crippen LogP contribution in [0.15, 0.2) is 47.6 Å². The van der Waals surface area contributed by atoms with Gasteiger partial charge in [0.1, 0.15) is 0 Å². The minimum absolute atomic E-state index is 0.221. The van der Waals surface area contributed by atoms with Crippen molar-refractivity contribution in [2.45, 2.75) is 51.4 Å². The van der Waals surface area contributed by atoms with Gasteiger partial charge in [-0.25, -0.2) is 4.79 Å². The van der Waals surface area contributed by atoms with Crippen LogP contribution in [-0.2, 0) is 14.3 Å². The number of nitrogens with zero attached hydrogens (tertiary/aromatic N) is 3. The molecule has 0 heterocycles. The molecule has 0 aliphatic heterocycles. The Morgan fingerprint density at radius 3 is 2.59 bits per heavy atom. The number of carboxylic acid groups (broad SMARTS) is 1. The maximum absolute atomic E-state index is 12.1. The number of azide groups is 1. The van der Waals surface area contributed by atoms with Crippen LogP contribution in [0.3, 0.4) is 0 Å². The van der Waals surface area contributed by atoms with Crippen LogP contribution in [0.25, 0.3) is 21.2 Å². The van der Waals surface area contributed by atoms with Crippen molar-refractivity contribution in [3.63, 3.8) is 0 Å². The van der Waals surface area contributed by atoms with Gasteiger partial charge in [0.25, 0.3) is 0 Å². The summed E-state index contributed by atoms with van der Waals surface area (Å²) in [4.78, 5) is 26.3. The van der Waals surface area contributed by atoms with E-state index in [4.69, 9.17) is 10.3 Å². The monoisotopic (exact) mass is 398 g/mol. The van der Waals surface area contributed by atoms with Gasteiger partial charge in [0, 0.05) is 17.9 Å². The molecule has 29 heavy (non-hydrogen) atoms. The van der Waals surface area contributed by atoms with E-state index in [2.05, 4.69) is 15.3 Å². The summed E-state index contributed by atoms with van der Waals surface area (Å²) in [5, 5.41) is 17.4. The Balaban J connectivity index is 1.84. The maximum atomic E-state index is 12.1. The van der Waals surface area contributed by atoms with E-state index in [0.29, 0.717) is 13.0 Å². The van der Waals surface area contributed by atoms with Crippen LogP contribution < -0.4 is 5.32 Å². The Morgan fingerprint density at radius 2 is 1.86 bits per heavy atom. The standard InChI is InChI=1S/C21H26N4O4/c1-15(17-12-11-16-8-5-6-9-18(16)14-17)29-20(21(27)28)24-19(26)10-4-2-3-7-13-23-25-22/h5-6,8-9,11-12,14-15,20H,2-4,7,10,13H2,1H3,(H,24,26)(H,27,28)/t15-,20?/m0/s1. The molecule has 0 saturated heterocycles. The highest BCUT2D eigenvalue weighted by atomic mass is 16.5. The maximum Gasteiger partial charge on any atom is 0.354 e. The van der Waals surface area contributed by atoms with Gasteiger partial charge in [-0.05, 0) is 47.7 Å². The predicted molar refractivity (Wildman–Crippen MR) is 110 cm³/mol. The summed E-state index contributed by atoms with van der Waals surface area (Å²) in [5.74, 6) is -1.60. The van der Waals surface area contributed by atoms with E-state index in [0.717, 1.165) is 35.6 Å². The van der Waals surface area contributed by atoms with Crippen LogP contribution in [0.4, 0.5) is 0 Å². The Morgan fingerprint density at radius 1 is 1.14 bits per heavy atom. The summed E-state index contributed by atoms with van der Waals surface area (Å²) in [7, 11) is 0. The number of amides is 1. The number of ether oxygens (including phenoxy) is 1. The second-order valence-electron chi connectivity index (χ2n) is 6.79. The third-order valence-electron chi connectivity index (χ3n) is 4.57. The molecule has 2 N–H and O–H groups in total. The van der Waals surface area contributed by atoms with Gasteiger partial charge < -0.3 is 15.2 Å². The van der Waals surface area contributed by atoms with Gasteiger partial charge in [-0.3, -0.25) is 4.79 Å². The van der Waals surface area contributed by atoms with E-state index in [9.17, 15) is 14.7 Å². The number of benzene rings is 2. The third-order valence-corrected chi connectivity index (χ3v) is 4.57. The molecule has 0 saturated carbocycles. The molecule has 2 atom stereocenters. The molecule has 1 unspecified atom stereocenters. The summed E-state index contributed by atoms with van der Waals surface area (Å²) in [5.41, 5.74) is 9.04. The molecule has 0 aromatic heterocycles. The average molecular weight is 398 g/mol. The Kier molecular flexibility index (Phi) is 8.95. The molecular formula is C21H26N4O4. The quantitative estimate of drug-likeness (QED) is 0.177. The molecule has 8 heteroatoms. The Bertz CT molecular complexity index is 880. The second-order valence-corrected chi connectivity index (χ2v) is 6.79. The first-order valence-electron chi connectivity index (χ1n) is 9.68. The topological polar surface area (TPSA) is 124 Å². The minimum atomic E-state index is -1.41. The molecule has 0 radical (unpaired) electrons. The predicted octanol–water partition coefficient (Wildman–Crippen LogP) is 4.71. The highest BCUT2D eigenvalue weighted by Crippen LogP contribution is 2.23. The number of carboxylic acids is 1. The molecule has 8 nitrogen and oxygen atoms in total. The SMILES string of the molecule is C[C@H](OC(NC(=O)CCCCCCN=[N+]=[N-])C(=O)O)c1ccc2ccccc2c1. The smallest absolute Gasteiger partial charge is 0.354 e. The fourth-order valence-corrected chi connectivity index (χ4v) is 2.98. The molecular weight excluding hydrogens is 372 g/mol. The van der Waals surface area contributed by atoms with Crippen LogP contribution in [-0.4, -0.2) is 29.8 Å². The van der Waals surface area contributed by atoms with Crippen molar-refractivity contribution >= 4 is 22.6 Å². The van der Waals surface area contributed by atoms with Crippen molar-refractivity contribution in [3.05, 3.63) is 58.5 Å². The molecule has 0 spiro atoms. The molecule has 0 bridgehead atoms. The van der Waals surface area contributed by atoms with Crippen molar-refractivity contribution in [2.75, 3.05) is 6.54 Å². The zero-order chi connectivity index (χ0) is 21.1. The highest BCUT2D eigenvalue weighted by molar-refractivity contribution is 5.83. The first-order chi connectivity index (χ1) is 14.0. The number of hydrogen-bond acceptors (Lipinski definition) is 4. The van der Waals surface area contributed by atoms with Crippen molar-refractivity contribution in [3.8, 4) is 0 Å². The normalized spacial score (nSPS) is 12.7. The Hall–Kier alpha value is -3.09. The summed E-state index contributed by atoms with van der Waals surface area (Å²) >= 11 is 0. The van der Waals surface area contributed by atoms with E-state index >= 15 is 0 Å². The first kappa shape index (κ1) is 22.2. The third kappa shape index (κ3) is 7.44. The van der Waals surface area contributed by atoms with Crippen LogP contribution in [0, 0.1) is 0 Å². The minimum Gasteiger partial charge on any atom is -0.478 e. The summed E-state index contributed by atoms with van der Waals surface area (Å²) in [6.07, 6.45) is 1.38. The van der Waals surface area contributed by atoms with Gasteiger partial charge in [-0.1, -0.05) is 54.4 Å². The number of rotatable bonds is 12. The van der Waals surface area contributed by atoms with Crippen LogP contribution >= 0.6 is 0 Å². The molecule has 2 aromatic carbocycles.